The molecule has 0 bridgehead atoms. The largest absolute Gasteiger partial charge is 0.464 e. The molecule has 0 fully saturated rings. The molecule has 1 N–H and O–H groups in total. The van der Waals surface area contributed by atoms with Crippen molar-refractivity contribution in [2.45, 2.75) is 0 Å². The number of benzene rings is 1. The number of carbonyl (C=O) groups excluding carboxylic acids is 2. The van der Waals surface area contributed by atoms with Gasteiger partial charge in [-0.05, 0) is 21.5 Å². The summed E-state index contributed by atoms with van der Waals surface area (Å²) in [4.78, 5) is 21.8. The van der Waals surface area contributed by atoms with Gasteiger partial charge in [-0.15, -0.1) is 0 Å². The molecule has 0 aromatic heterocycles. The fourth-order valence-corrected chi connectivity index (χ4v) is 1.64. The van der Waals surface area contributed by atoms with Crippen LogP contribution in [0.15, 0.2) is 36.0 Å². The van der Waals surface area contributed by atoms with Crippen molar-refractivity contribution in [2.75, 3.05) is 7.11 Å². The summed E-state index contributed by atoms with van der Waals surface area (Å²) in [6, 6.07) is 9.12. The Morgan fingerprint density at radius 3 is 2.50 bits per heavy atom. The summed E-state index contributed by atoms with van der Waals surface area (Å²) in [5.41, 5.74) is 0.848. The zero-order valence-corrected chi connectivity index (χ0v) is 10.2. The van der Waals surface area contributed by atoms with Gasteiger partial charge >= 0.3 is 5.97 Å². The molecule has 0 heterocycles. The fourth-order valence-electron chi connectivity index (χ4n) is 1.10. The molecule has 0 saturated heterocycles. The van der Waals surface area contributed by atoms with Gasteiger partial charge in [-0.1, -0.05) is 30.3 Å². The number of hydrogen-bond acceptors (Lipinski definition) is 3. The SMILES string of the molecule is COC(=O)/C(NC=O)=C(/Br)c1ccccc1. The first-order valence-electron chi connectivity index (χ1n) is 4.44. The van der Waals surface area contributed by atoms with E-state index in [0.29, 0.717) is 10.9 Å². The Bertz CT molecular complexity index is 414. The predicted octanol–water partition coefficient (Wildman–Crippen LogP) is 1.67. The molecule has 1 aromatic carbocycles. The lowest BCUT2D eigenvalue weighted by Crippen LogP contribution is -2.21. The number of ether oxygens (including phenoxy) is 1. The van der Waals surface area contributed by atoms with Crippen molar-refractivity contribution in [3.63, 3.8) is 0 Å². The second kappa shape index (κ2) is 6.07. The Balaban J connectivity index is 3.15. The maximum absolute atomic E-state index is 11.4. The minimum atomic E-state index is -0.608. The zero-order chi connectivity index (χ0) is 12.0. The molecule has 0 spiro atoms. The minimum Gasteiger partial charge on any atom is -0.464 e. The van der Waals surface area contributed by atoms with Gasteiger partial charge in [-0.3, -0.25) is 4.79 Å². The molecule has 1 amide bonds. The number of nitrogens with one attached hydrogen (secondary N) is 1. The van der Waals surface area contributed by atoms with Crippen LogP contribution < -0.4 is 5.32 Å². The highest BCUT2D eigenvalue weighted by Gasteiger charge is 2.14. The van der Waals surface area contributed by atoms with E-state index in [4.69, 9.17) is 0 Å². The topological polar surface area (TPSA) is 55.4 Å². The molecular formula is C11H10BrNO3. The molecule has 0 radical (unpaired) electrons. The quantitative estimate of drug-likeness (QED) is 0.520. The van der Waals surface area contributed by atoms with Gasteiger partial charge in [0.25, 0.3) is 0 Å². The third kappa shape index (κ3) is 2.93. The second-order valence-corrected chi connectivity index (χ2v) is 3.60. The first kappa shape index (κ1) is 12.4. The first-order valence-corrected chi connectivity index (χ1v) is 5.23. The molecule has 0 aliphatic rings. The van der Waals surface area contributed by atoms with E-state index in [9.17, 15) is 9.59 Å². The van der Waals surface area contributed by atoms with Gasteiger partial charge in [-0.25, -0.2) is 4.79 Å². The van der Waals surface area contributed by atoms with Crippen molar-refractivity contribution in [2.24, 2.45) is 0 Å². The standard InChI is InChI=1S/C11H10BrNO3/c1-16-11(15)10(13-7-14)9(12)8-5-3-2-4-6-8/h2-7H,1H3,(H,13,14)/b10-9-. The molecular weight excluding hydrogens is 274 g/mol. The Labute approximate surface area is 101 Å². The van der Waals surface area contributed by atoms with Crippen molar-refractivity contribution in [3.8, 4) is 0 Å². The summed E-state index contributed by atoms with van der Waals surface area (Å²) in [6.45, 7) is 0. The summed E-state index contributed by atoms with van der Waals surface area (Å²) < 4.78 is 5.04. The van der Waals surface area contributed by atoms with Crippen LogP contribution in [0.3, 0.4) is 0 Å². The molecule has 1 aromatic rings. The third-order valence-electron chi connectivity index (χ3n) is 1.84. The van der Waals surface area contributed by atoms with Crippen LogP contribution in [-0.2, 0) is 14.3 Å². The van der Waals surface area contributed by atoms with Crippen LogP contribution in [0.4, 0.5) is 0 Å². The Morgan fingerprint density at radius 1 is 1.38 bits per heavy atom. The van der Waals surface area contributed by atoms with Crippen molar-refractivity contribution in [1.82, 2.24) is 5.32 Å². The smallest absolute Gasteiger partial charge is 0.355 e. The van der Waals surface area contributed by atoms with E-state index in [0.717, 1.165) is 5.56 Å². The molecule has 1 rings (SSSR count). The van der Waals surface area contributed by atoms with Crippen LogP contribution in [0, 0.1) is 0 Å². The number of rotatable bonds is 4. The van der Waals surface area contributed by atoms with Crippen LogP contribution in [0.2, 0.25) is 0 Å². The lowest BCUT2D eigenvalue weighted by Gasteiger charge is -2.07. The molecule has 0 aliphatic heterocycles. The molecule has 5 heteroatoms. The Morgan fingerprint density at radius 2 is 2.00 bits per heavy atom. The van der Waals surface area contributed by atoms with Crippen LogP contribution in [0.5, 0.6) is 0 Å². The molecule has 0 saturated carbocycles. The molecule has 84 valence electrons. The number of esters is 1. The lowest BCUT2D eigenvalue weighted by molar-refractivity contribution is -0.137. The first-order chi connectivity index (χ1) is 7.70. The van der Waals surface area contributed by atoms with Gasteiger partial charge in [0, 0.05) is 0 Å². The fraction of sp³-hybridized carbons (Fsp3) is 0.0909. The van der Waals surface area contributed by atoms with Crippen LogP contribution in [0.25, 0.3) is 4.48 Å². The summed E-state index contributed by atoms with van der Waals surface area (Å²) in [5, 5.41) is 2.31. The molecule has 4 nitrogen and oxygen atoms in total. The molecule has 16 heavy (non-hydrogen) atoms. The molecule has 0 atom stereocenters. The second-order valence-electron chi connectivity index (χ2n) is 2.81. The average Bonchev–Trinajstić information content (AvgIpc) is 2.35. The van der Waals surface area contributed by atoms with Gasteiger partial charge in [0.1, 0.15) is 5.70 Å². The van der Waals surface area contributed by atoms with Crippen molar-refractivity contribution in [3.05, 3.63) is 41.6 Å². The highest BCUT2D eigenvalue weighted by molar-refractivity contribution is 9.15. The minimum absolute atomic E-state index is 0.0729. The Kier molecular flexibility index (Phi) is 4.72. The molecule has 0 aliphatic carbocycles. The summed E-state index contributed by atoms with van der Waals surface area (Å²) in [6.07, 6.45) is 0.427. The van der Waals surface area contributed by atoms with E-state index in [1.807, 2.05) is 18.2 Å². The number of carbonyl (C=O) groups is 2. The monoisotopic (exact) mass is 283 g/mol. The van der Waals surface area contributed by atoms with Crippen molar-refractivity contribution >= 4 is 32.8 Å². The number of methoxy groups -OCH3 is 1. The summed E-state index contributed by atoms with van der Waals surface area (Å²) in [7, 11) is 1.25. The van der Waals surface area contributed by atoms with Crippen LogP contribution in [-0.4, -0.2) is 19.5 Å². The highest BCUT2D eigenvalue weighted by Crippen LogP contribution is 2.24. The number of halogens is 1. The van der Waals surface area contributed by atoms with E-state index in [1.54, 1.807) is 12.1 Å². The van der Waals surface area contributed by atoms with Gasteiger partial charge < -0.3 is 10.1 Å². The summed E-state index contributed by atoms with van der Waals surface area (Å²) in [5.74, 6) is -0.608. The maximum atomic E-state index is 11.4. The highest BCUT2D eigenvalue weighted by atomic mass is 79.9. The van der Waals surface area contributed by atoms with Crippen molar-refractivity contribution < 1.29 is 14.3 Å². The lowest BCUT2D eigenvalue weighted by atomic mass is 10.2. The number of amides is 1. The summed E-state index contributed by atoms with van der Waals surface area (Å²) >= 11 is 3.25. The van der Waals surface area contributed by atoms with E-state index >= 15 is 0 Å². The van der Waals surface area contributed by atoms with Gasteiger partial charge in [0.15, 0.2) is 0 Å². The van der Waals surface area contributed by atoms with Gasteiger partial charge in [0.2, 0.25) is 6.41 Å². The van der Waals surface area contributed by atoms with E-state index in [-0.39, 0.29) is 5.70 Å². The van der Waals surface area contributed by atoms with Gasteiger partial charge in [0.05, 0.1) is 11.6 Å². The van der Waals surface area contributed by atoms with E-state index < -0.39 is 5.97 Å². The van der Waals surface area contributed by atoms with Crippen molar-refractivity contribution in [1.29, 1.82) is 0 Å². The maximum Gasteiger partial charge on any atom is 0.355 e. The number of hydrogen-bond donors (Lipinski definition) is 1. The zero-order valence-electron chi connectivity index (χ0n) is 8.57. The third-order valence-corrected chi connectivity index (χ3v) is 2.69. The average molecular weight is 284 g/mol. The molecule has 0 unspecified atom stereocenters. The normalized spacial score (nSPS) is 11.4. The predicted molar refractivity (Wildman–Crippen MR) is 63.5 cm³/mol. The van der Waals surface area contributed by atoms with Crippen LogP contribution >= 0.6 is 15.9 Å². The van der Waals surface area contributed by atoms with Gasteiger partial charge in [-0.2, -0.15) is 0 Å². The Hall–Kier alpha value is -1.62. The van der Waals surface area contributed by atoms with E-state index in [1.165, 1.54) is 7.11 Å². The van der Waals surface area contributed by atoms with E-state index in [2.05, 4.69) is 26.0 Å². The van der Waals surface area contributed by atoms with Crippen LogP contribution in [0.1, 0.15) is 5.56 Å².